The molecule has 0 aromatic heterocycles. The maximum atomic E-state index is 12.5. The van der Waals surface area contributed by atoms with E-state index in [1.807, 2.05) is 0 Å². The summed E-state index contributed by atoms with van der Waals surface area (Å²) in [6.07, 6.45) is -6.83. The van der Waals surface area contributed by atoms with Crippen LogP contribution in [0.5, 0.6) is 0 Å². The molecule has 0 N–H and O–H groups in total. The van der Waals surface area contributed by atoms with Crippen molar-refractivity contribution in [1.29, 1.82) is 0 Å². The standard InChI is InChI=1S/C6H9F6N/c1-13(6(10,11)12)5(8,9)3-2-4-7/h2-4H2,1H3. The monoisotopic (exact) mass is 209 g/mol. The van der Waals surface area contributed by atoms with Gasteiger partial charge in [-0.3, -0.25) is 4.39 Å². The first-order valence-corrected chi connectivity index (χ1v) is 3.46. The molecule has 80 valence electrons. The van der Waals surface area contributed by atoms with Gasteiger partial charge in [0, 0.05) is 13.5 Å². The molecule has 1 nitrogen and oxygen atoms in total. The van der Waals surface area contributed by atoms with Gasteiger partial charge in [0.2, 0.25) is 0 Å². The van der Waals surface area contributed by atoms with Crippen LogP contribution in [0.4, 0.5) is 26.3 Å². The lowest BCUT2D eigenvalue weighted by atomic mass is 10.3. The molecule has 0 amide bonds. The molecule has 0 aliphatic rings. The van der Waals surface area contributed by atoms with E-state index in [1.165, 1.54) is 0 Å². The third-order valence-electron chi connectivity index (χ3n) is 1.48. The van der Waals surface area contributed by atoms with E-state index in [9.17, 15) is 26.3 Å². The van der Waals surface area contributed by atoms with Gasteiger partial charge in [0.05, 0.1) is 6.67 Å². The van der Waals surface area contributed by atoms with Crippen molar-refractivity contribution in [2.75, 3.05) is 13.7 Å². The van der Waals surface area contributed by atoms with Gasteiger partial charge in [-0.1, -0.05) is 0 Å². The van der Waals surface area contributed by atoms with Gasteiger partial charge < -0.3 is 0 Å². The normalized spacial score (nSPS) is 13.8. The topological polar surface area (TPSA) is 3.24 Å². The van der Waals surface area contributed by atoms with Gasteiger partial charge in [-0.15, -0.1) is 0 Å². The Balaban J connectivity index is 4.27. The van der Waals surface area contributed by atoms with Crippen LogP contribution in [0.25, 0.3) is 0 Å². The number of hydrogen-bond donors (Lipinski definition) is 0. The van der Waals surface area contributed by atoms with Crippen LogP contribution in [0.2, 0.25) is 0 Å². The number of rotatable bonds is 4. The highest BCUT2D eigenvalue weighted by Gasteiger charge is 2.49. The molecule has 0 atom stereocenters. The Bertz CT molecular complexity index is 154. The van der Waals surface area contributed by atoms with Crippen molar-refractivity contribution in [3.05, 3.63) is 0 Å². The van der Waals surface area contributed by atoms with E-state index in [0.29, 0.717) is 0 Å². The molecule has 0 radical (unpaired) electrons. The van der Waals surface area contributed by atoms with Crippen LogP contribution >= 0.6 is 0 Å². The largest absolute Gasteiger partial charge is 0.464 e. The molecule has 13 heavy (non-hydrogen) atoms. The van der Waals surface area contributed by atoms with Crippen molar-refractivity contribution in [2.45, 2.75) is 25.2 Å². The summed E-state index contributed by atoms with van der Waals surface area (Å²) in [4.78, 5) is -1.02. The summed E-state index contributed by atoms with van der Waals surface area (Å²) in [5.74, 6) is 0. The average molecular weight is 209 g/mol. The van der Waals surface area contributed by atoms with Gasteiger partial charge in [-0.2, -0.15) is 26.9 Å². The molecule has 0 saturated heterocycles. The first-order chi connectivity index (χ1) is 5.72. The van der Waals surface area contributed by atoms with Crippen LogP contribution in [-0.2, 0) is 0 Å². The van der Waals surface area contributed by atoms with Crippen molar-refractivity contribution < 1.29 is 26.3 Å². The summed E-state index contributed by atoms with van der Waals surface area (Å²) >= 11 is 0. The van der Waals surface area contributed by atoms with Gasteiger partial charge in [-0.25, -0.2) is 0 Å². The minimum absolute atomic E-state index is 0.234. The first-order valence-electron chi connectivity index (χ1n) is 3.46. The molecule has 0 saturated carbocycles. The highest BCUT2D eigenvalue weighted by molar-refractivity contribution is 4.67. The Morgan fingerprint density at radius 3 is 1.85 bits per heavy atom. The van der Waals surface area contributed by atoms with Crippen LogP contribution in [0.3, 0.4) is 0 Å². The Morgan fingerprint density at radius 1 is 1.08 bits per heavy atom. The van der Waals surface area contributed by atoms with E-state index in [1.54, 1.807) is 0 Å². The minimum Gasteiger partial charge on any atom is -0.251 e. The molecule has 0 aliphatic carbocycles. The molecular weight excluding hydrogens is 200 g/mol. The molecule has 0 bridgehead atoms. The third-order valence-corrected chi connectivity index (χ3v) is 1.48. The Labute approximate surface area is 71.3 Å². The number of alkyl halides is 6. The van der Waals surface area contributed by atoms with E-state index in [4.69, 9.17) is 0 Å². The lowest BCUT2D eigenvalue weighted by molar-refractivity contribution is -0.323. The van der Waals surface area contributed by atoms with Crippen LogP contribution in [0, 0.1) is 0 Å². The average Bonchev–Trinajstić information content (AvgIpc) is 1.98. The summed E-state index contributed by atoms with van der Waals surface area (Å²) in [5.41, 5.74) is 0. The summed E-state index contributed by atoms with van der Waals surface area (Å²) in [5, 5.41) is 0. The second-order valence-electron chi connectivity index (χ2n) is 2.49. The fourth-order valence-electron chi connectivity index (χ4n) is 0.633. The molecule has 0 rings (SSSR count). The second kappa shape index (κ2) is 4.17. The van der Waals surface area contributed by atoms with E-state index < -0.39 is 36.8 Å². The van der Waals surface area contributed by atoms with Crippen molar-refractivity contribution in [3.63, 3.8) is 0 Å². The van der Waals surface area contributed by atoms with Crippen molar-refractivity contribution in [2.24, 2.45) is 0 Å². The molecule has 0 aliphatic heterocycles. The molecule has 7 heteroatoms. The SMILES string of the molecule is CN(C(F)(F)F)C(F)(F)CCCF. The summed E-state index contributed by atoms with van der Waals surface area (Å²) in [7, 11) is 0.234. The summed E-state index contributed by atoms with van der Waals surface area (Å²) in [6, 6.07) is -4.04. The molecule has 0 aromatic carbocycles. The van der Waals surface area contributed by atoms with Crippen molar-refractivity contribution in [3.8, 4) is 0 Å². The van der Waals surface area contributed by atoms with Gasteiger partial charge in [0.1, 0.15) is 0 Å². The highest BCUT2D eigenvalue weighted by Crippen LogP contribution is 2.33. The number of nitrogens with zero attached hydrogens (tertiary/aromatic N) is 1. The number of halogens is 6. The molecule has 0 fully saturated rings. The van der Waals surface area contributed by atoms with Crippen molar-refractivity contribution >= 4 is 0 Å². The fraction of sp³-hybridized carbons (Fsp3) is 1.00. The Kier molecular flexibility index (Phi) is 4.02. The predicted molar refractivity (Wildman–Crippen MR) is 34.0 cm³/mol. The van der Waals surface area contributed by atoms with Crippen molar-refractivity contribution in [1.82, 2.24) is 4.90 Å². The zero-order valence-electron chi connectivity index (χ0n) is 6.84. The quantitative estimate of drug-likeness (QED) is 0.508. The first kappa shape index (κ1) is 12.5. The van der Waals surface area contributed by atoms with E-state index in [-0.39, 0.29) is 7.05 Å². The maximum absolute atomic E-state index is 12.5. The van der Waals surface area contributed by atoms with Crippen LogP contribution in [0.1, 0.15) is 12.8 Å². The summed E-state index contributed by atoms with van der Waals surface area (Å²) < 4.78 is 71.7. The van der Waals surface area contributed by atoms with Crippen LogP contribution in [-0.4, -0.2) is 31.0 Å². The molecular formula is C6H9F6N. The van der Waals surface area contributed by atoms with E-state index in [2.05, 4.69) is 0 Å². The molecule has 0 spiro atoms. The van der Waals surface area contributed by atoms with E-state index in [0.717, 1.165) is 0 Å². The van der Waals surface area contributed by atoms with Gasteiger partial charge in [0.15, 0.2) is 0 Å². The van der Waals surface area contributed by atoms with Gasteiger partial charge >= 0.3 is 12.3 Å². The minimum atomic E-state index is -5.10. The number of hydrogen-bond acceptors (Lipinski definition) is 1. The Morgan fingerprint density at radius 2 is 1.54 bits per heavy atom. The predicted octanol–water partition coefficient (Wildman–Crippen LogP) is 2.78. The third kappa shape index (κ3) is 3.84. The molecule has 0 unspecified atom stereocenters. The molecule has 0 aromatic rings. The lowest BCUT2D eigenvalue weighted by Gasteiger charge is -2.28. The van der Waals surface area contributed by atoms with Crippen LogP contribution < -0.4 is 0 Å². The smallest absolute Gasteiger partial charge is 0.251 e. The van der Waals surface area contributed by atoms with E-state index >= 15 is 0 Å². The second-order valence-corrected chi connectivity index (χ2v) is 2.49. The van der Waals surface area contributed by atoms with Gasteiger partial charge in [-0.05, 0) is 6.42 Å². The zero-order valence-corrected chi connectivity index (χ0v) is 6.84. The Hall–Kier alpha value is -0.460. The maximum Gasteiger partial charge on any atom is 0.464 e. The summed E-state index contributed by atoms with van der Waals surface area (Å²) in [6.45, 7) is -1.05. The van der Waals surface area contributed by atoms with Crippen LogP contribution in [0.15, 0.2) is 0 Å². The molecule has 0 heterocycles. The lowest BCUT2D eigenvalue weighted by Crippen LogP contribution is -2.47. The van der Waals surface area contributed by atoms with Gasteiger partial charge in [0.25, 0.3) is 0 Å². The highest BCUT2D eigenvalue weighted by atomic mass is 19.4. The fourth-order valence-corrected chi connectivity index (χ4v) is 0.633. The zero-order chi connectivity index (χ0) is 10.7.